The molecule has 0 atom stereocenters. The van der Waals surface area contributed by atoms with Crippen molar-refractivity contribution in [2.75, 3.05) is 26.2 Å². The summed E-state index contributed by atoms with van der Waals surface area (Å²) in [6.07, 6.45) is 6.71. The highest BCUT2D eigenvalue weighted by Gasteiger charge is 2.30. The molecule has 0 unspecified atom stereocenters. The standard InChI is InChI=1S/C21H24N6O2/c1-15-19(26-8-4-3-7-18(26)23-15)21(29)25-12-10-24(11-13-25)20(28)16-14-22-27-9-5-2-6-17(16)27/h3-4,7-8,14H,2,5-6,9-13H2,1H3. The largest absolute Gasteiger partial charge is 0.335 e. The van der Waals surface area contributed by atoms with E-state index in [1.54, 1.807) is 6.20 Å². The maximum absolute atomic E-state index is 13.1. The predicted molar refractivity (Wildman–Crippen MR) is 107 cm³/mol. The molecule has 8 heteroatoms. The summed E-state index contributed by atoms with van der Waals surface area (Å²) in [5, 5.41) is 4.38. The number of amides is 2. The Kier molecular flexibility index (Phi) is 4.34. The van der Waals surface area contributed by atoms with E-state index < -0.39 is 0 Å². The Bertz CT molecular complexity index is 1090. The summed E-state index contributed by atoms with van der Waals surface area (Å²) in [6.45, 7) is 4.86. The first kappa shape index (κ1) is 17.9. The molecule has 2 amide bonds. The number of fused-ring (bicyclic) bond motifs is 2. The normalized spacial score (nSPS) is 16.9. The molecule has 8 nitrogen and oxygen atoms in total. The van der Waals surface area contributed by atoms with Crippen molar-refractivity contribution in [3.05, 3.63) is 53.2 Å². The summed E-state index contributed by atoms with van der Waals surface area (Å²) in [7, 11) is 0. The topological polar surface area (TPSA) is 75.7 Å². The van der Waals surface area contributed by atoms with Crippen LogP contribution < -0.4 is 0 Å². The van der Waals surface area contributed by atoms with Crippen LogP contribution in [0.1, 0.15) is 45.1 Å². The van der Waals surface area contributed by atoms with Crippen LogP contribution in [0.25, 0.3) is 5.65 Å². The van der Waals surface area contributed by atoms with E-state index in [9.17, 15) is 9.59 Å². The number of imidazole rings is 1. The van der Waals surface area contributed by atoms with Gasteiger partial charge in [0.25, 0.3) is 11.8 Å². The molecule has 0 aliphatic carbocycles. The van der Waals surface area contributed by atoms with Gasteiger partial charge in [-0.1, -0.05) is 6.07 Å². The first-order valence-electron chi connectivity index (χ1n) is 10.2. The fourth-order valence-electron chi connectivity index (χ4n) is 4.40. The van der Waals surface area contributed by atoms with Gasteiger partial charge in [-0.2, -0.15) is 5.10 Å². The van der Waals surface area contributed by atoms with Gasteiger partial charge >= 0.3 is 0 Å². The van der Waals surface area contributed by atoms with Gasteiger partial charge in [0, 0.05) is 38.9 Å². The number of hydrogen-bond donors (Lipinski definition) is 0. The molecule has 0 aromatic carbocycles. The Morgan fingerprint density at radius 3 is 2.52 bits per heavy atom. The number of rotatable bonds is 2. The van der Waals surface area contributed by atoms with Crippen LogP contribution in [0.2, 0.25) is 0 Å². The number of pyridine rings is 1. The summed E-state index contributed by atoms with van der Waals surface area (Å²) < 4.78 is 3.80. The fourth-order valence-corrected chi connectivity index (χ4v) is 4.40. The van der Waals surface area contributed by atoms with Crippen molar-refractivity contribution in [2.24, 2.45) is 0 Å². The smallest absolute Gasteiger partial charge is 0.272 e. The van der Waals surface area contributed by atoms with Crippen molar-refractivity contribution in [3.63, 3.8) is 0 Å². The zero-order chi connectivity index (χ0) is 20.0. The average Bonchev–Trinajstić information content (AvgIpc) is 3.33. The molecule has 150 valence electrons. The van der Waals surface area contributed by atoms with Crippen molar-refractivity contribution >= 4 is 17.5 Å². The molecule has 0 N–H and O–H groups in total. The van der Waals surface area contributed by atoms with Crippen molar-refractivity contribution in [2.45, 2.75) is 32.7 Å². The minimum atomic E-state index is -0.0313. The molecule has 29 heavy (non-hydrogen) atoms. The number of carbonyl (C=O) groups excluding carboxylic acids is 2. The van der Waals surface area contributed by atoms with Gasteiger partial charge < -0.3 is 9.80 Å². The molecule has 0 bridgehead atoms. The number of aromatic nitrogens is 4. The third-order valence-electron chi connectivity index (χ3n) is 5.97. The van der Waals surface area contributed by atoms with E-state index in [0.29, 0.717) is 31.9 Å². The van der Waals surface area contributed by atoms with Crippen molar-refractivity contribution < 1.29 is 9.59 Å². The summed E-state index contributed by atoms with van der Waals surface area (Å²) in [5.41, 5.74) is 3.88. The molecule has 5 heterocycles. The number of piperazine rings is 1. The lowest BCUT2D eigenvalue weighted by Crippen LogP contribution is -2.51. The second kappa shape index (κ2) is 7.02. The van der Waals surface area contributed by atoms with E-state index in [1.807, 2.05) is 50.2 Å². The maximum Gasteiger partial charge on any atom is 0.272 e. The third-order valence-corrected chi connectivity index (χ3v) is 5.97. The van der Waals surface area contributed by atoms with Crippen LogP contribution in [0.5, 0.6) is 0 Å². The van der Waals surface area contributed by atoms with Crippen LogP contribution in [0.4, 0.5) is 0 Å². The Morgan fingerprint density at radius 1 is 0.966 bits per heavy atom. The number of aryl methyl sites for hydroxylation is 2. The Morgan fingerprint density at radius 2 is 1.72 bits per heavy atom. The Balaban J connectivity index is 1.30. The van der Waals surface area contributed by atoms with E-state index in [2.05, 4.69) is 10.1 Å². The lowest BCUT2D eigenvalue weighted by molar-refractivity contribution is 0.0530. The van der Waals surface area contributed by atoms with Gasteiger partial charge in [0.1, 0.15) is 11.3 Å². The summed E-state index contributed by atoms with van der Waals surface area (Å²) in [4.78, 5) is 34.3. The monoisotopic (exact) mass is 392 g/mol. The number of carbonyl (C=O) groups is 2. The molecule has 2 aliphatic heterocycles. The summed E-state index contributed by atoms with van der Waals surface area (Å²) in [5.74, 6) is 0.00226. The fraction of sp³-hybridized carbons (Fsp3) is 0.429. The predicted octanol–water partition coefficient (Wildman–Crippen LogP) is 1.77. The molecular formula is C21H24N6O2. The van der Waals surface area contributed by atoms with Gasteiger partial charge in [-0.3, -0.25) is 18.7 Å². The van der Waals surface area contributed by atoms with Gasteiger partial charge in [0.2, 0.25) is 0 Å². The molecule has 2 aliphatic rings. The molecule has 5 rings (SSSR count). The minimum Gasteiger partial charge on any atom is -0.335 e. The van der Waals surface area contributed by atoms with Crippen LogP contribution in [0, 0.1) is 6.92 Å². The van der Waals surface area contributed by atoms with Gasteiger partial charge in [-0.25, -0.2) is 4.98 Å². The molecule has 1 saturated heterocycles. The lowest BCUT2D eigenvalue weighted by Gasteiger charge is -2.34. The van der Waals surface area contributed by atoms with E-state index in [1.165, 1.54) is 0 Å². The van der Waals surface area contributed by atoms with Crippen molar-refractivity contribution in [3.8, 4) is 0 Å². The van der Waals surface area contributed by atoms with Crippen LogP contribution in [-0.2, 0) is 13.0 Å². The second-order valence-electron chi connectivity index (χ2n) is 7.74. The van der Waals surface area contributed by atoms with Gasteiger partial charge in [0.05, 0.1) is 23.1 Å². The molecule has 0 radical (unpaired) electrons. The van der Waals surface area contributed by atoms with Crippen molar-refractivity contribution in [1.82, 2.24) is 29.0 Å². The van der Waals surface area contributed by atoms with Crippen LogP contribution in [0.15, 0.2) is 30.6 Å². The maximum atomic E-state index is 13.1. The zero-order valence-corrected chi connectivity index (χ0v) is 16.5. The molecule has 3 aromatic rings. The molecular weight excluding hydrogens is 368 g/mol. The van der Waals surface area contributed by atoms with Crippen LogP contribution in [-0.4, -0.2) is 67.0 Å². The highest BCUT2D eigenvalue weighted by atomic mass is 16.2. The zero-order valence-electron chi connectivity index (χ0n) is 16.5. The molecule has 0 spiro atoms. The highest BCUT2D eigenvalue weighted by Crippen LogP contribution is 2.21. The van der Waals surface area contributed by atoms with E-state index in [-0.39, 0.29) is 11.8 Å². The van der Waals surface area contributed by atoms with Crippen LogP contribution >= 0.6 is 0 Å². The Hall–Kier alpha value is -3.16. The van der Waals surface area contributed by atoms with Crippen molar-refractivity contribution in [1.29, 1.82) is 0 Å². The number of nitrogens with zero attached hydrogens (tertiary/aromatic N) is 6. The van der Waals surface area contributed by atoms with Crippen LogP contribution in [0.3, 0.4) is 0 Å². The van der Waals surface area contributed by atoms with E-state index in [4.69, 9.17) is 0 Å². The van der Waals surface area contributed by atoms with E-state index >= 15 is 0 Å². The quantitative estimate of drug-likeness (QED) is 0.666. The SMILES string of the molecule is Cc1nc2ccccn2c1C(=O)N1CCN(C(=O)c2cnn3c2CCCC3)CC1. The van der Waals surface area contributed by atoms with Gasteiger partial charge in [-0.15, -0.1) is 0 Å². The van der Waals surface area contributed by atoms with Gasteiger partial charge in [0.15, 0.2) is 0 Å². The summed E-state index contributed by atoms with van der Waals surface area (Å²) in [6, 6.07) is 5.71. The average molecular weight is 392 g/mol. The van der Waals surface area contributed by atoms with E-state index in [0.717, 1.165) is 48.4 Å². The minimum absolute atomic E-state index is 0.0313. The summed E-state index contributed by atoms with van der Waals surface area (Å²) >= 11 is 0. The third kappa shape index (κ3) is 2.99. The Labute approximate surface area is 168 Å². The molecule has 1 fully saturated rings. The first-order valence-corrected chi connectivity index (χ1v) is 10.2. The molecule has 3 aromatic heterocycles. The van der Waals surface area contributed by atoms with Gasteiger partial charge in [-0.05, 0) is 38.3 Å². The second-order valence-corrected chi connectivity index (χ2v) is 7.74. The lowest BCUT2D eigenvalue weighted by atomic mass is 10.1. The first-order chi connectivity index (χ1) is 14.1. The molecule has 0 saturated carbocycles. The highest BCUT2D eigenvalue weighted by molar-refractivity contribution is 5.96. The number of hydrogen-bond acceptors (Lipinski definition) is 4.